The lowest BCUT2D eigenvalue weighted by molar-refractivity contribution is -0.131. The van der Waals surface area contributed by atoms with Crippen molar-refractivity contribution in [3.63, 3.8) is 0 Å². The number of benzene rings is 2. The Kier molecular flexibility index (Phi) is 6.02. The molecular weight excluding hydrogens is 392 g/mol. The van der Waals surface area contributed by atoms with Gasteiger partial charge in [0.2, 0.25) is 5.91 Å². The van der Waals surface area contributed by atoms with E-state index in [1.807, 2.05) is 59.5 Å². The van der Waals surface area contributed by atoms with Gasteiger partial charge in [0.1, 0.15) is 5.75 Å². The maximum atomic E-state index is 12.9. The largest absolute Gasteiger partial charge is 0.506 e. The molecule has 1 aromatic heterocycles. The van der Waals surface area contributed by atoms with E-state index in [0.29, 0.717) is 18.7 Å². The second-order valence-electron chi connectivity index (χ2n) is 6.09. The highest BCUT2D eigenvalue weighted by Crippen LogP contribution is 2.16. The van der Waals surface area contributed by atoms with E-state index in [-0.39, 0.29) is 18.1 Å². The minimum absolute atomic E-state index is 0.0100. The van der Waals surface area contributed by atoms with E-state index in [9.17, 15) is 9.90 Å². The summed E-state index contributed by atoms with van der Waals surface area (Å²) < 4.78 is 1.01. The van der Waals surface area contributed by atoms with Gasteiger partial charge in [-0.2, -0.15) is 0 Å². The van der Waals surface area contributed by atoms with Crippen molar-refractivity contribution in [3.8, 4) is 5.75 Å². The number of pyridine rings is 1. The second-order valence-corrected chi connectivity index (χ2v) is 7.01. The van der Waals surface area contributed by atoms with Crippen LogP contribution < -0.4 is 0 Å². The molecule has 3 aromatic rings. The summed E-state index contributed by atoms with van der Waals surface area (Å²) in [6, 6.07) is 19.5. The van der Waals surface area contributed by atoms with Gasteiger partial charge in [-0.05, 0) is 34.9 Å². The molecule has 1 heterocycles. The molecule has 0 atom stereocenters. The molecule has 0 unspecified atom stereocenters. The van der Waals surface area contributed by atoms with Gasteiger partial charge < -0.3 is 10.0 Å². The van der Waals surface area contributed by atoms with Gasteiger partial charge in [-0.1, -0.05) is 58.4 Å². The molecule has 1 N–H and O–H groups in total. The van der Waals surface area contributed by atoms with Gasteiger partial charge in [0.25, 0.3) is 0 Å². The number of carbonyl (C=O) groups excluding carboxylic acids is 1. The number of amides is 1. The number of rotatable bonds is 6. The molecule has 0 radical (unpaired) electrons. The Hall–Kier alpha value is -2.66. The fourth-order valence-corrected chi connectivity index (χ4v) is 2.97. The summed E-state index contributed by atoms with van der Waals surface area (Å²) in [4.78, 5) is 18.7. The van der Waals surface area contributed by atoms with Crippen LogP contribution in [0, 0.1) is 0 Å². The van der Waals surface area contributed by atoms with E-state index in [1.54, 1.807) is 12.3 Å². The summed E-state index contributed by atoms with van der Waals surface area (Å²) >= 11 is 3.43. The fourth-order valence-electron chi connectivity index (χ4n) is 2.70. The SMILES string of the molecule is O=C(Cc1cncc(O)c1)N(Cc1ccccc1)Cc1ccc(Br)cc1. The van der Waals surface area contributed by atoms with Crippen molar-refractivity contribution < 1.29 is 9.90 Å². The molecule has 2 aromatic carbocycles. The predicted octanol–water partition coefficient (Wildman–Crippen LogP) is 4.32. The van der Waals surface area contributed by atoms with Crippen molar-refractivity contribution in [3.05, 3.63) is 94.2 Å². The molecule has 132 valence electrons. The third-order valence-electron chi connectivity index (χ3n) is 3.99. The smallest absolute Gasteiger partial charge is 0.227 e. The van der Waals surface area contributed by atoms with Gasteiger partial charge in [-0.25, -0.2) is 0 Å². The number of aromatic nitrogens is 1. The molecule has 0 aliphatic heterocycles. The Morgan fingerprint density at radius 1 is 0.923 bits per heavy atom. The first-order valence-electron chi connectivity index (χ1n) is 8.29. The highest BCUT2D eigenvalue weighted by atomic mass is 79.9. The number of nitrogens with zero attached hydrogens (tertiary/aromatic N) is 2. The Morgan fingerprint density at radius 2 is 1.58 bits per heavy atom. The van der Waals surface area contributed by atoms with E-state index in [2.05, 4.69) is 20.9 Å². The summed E-state index contributed by atoms with van der Waals surface area (Å²) in [7, 11) is 0. The molecule has 1 amide bonds. The first-order valence-corrected chi connectivity index (χ1v) is 9.08. The highest BCUT2D eigenvalue weighted by Gasteiger charge is 2.16. The van der Waals surface area contributed by atoms with Crippen molar-refractivity contribution in [2.24, 2.45) is 0 Å². The quantitative estimate of drug-likeness (QED) is 0.657. The Bertz CT molecular complexity index is 867. The van der Waals surface area contributed by atoms with Crippen molar-refractivity contribution >= 4 is 21.8 Å². The normalized spacial score (nSPS) is 10.5. The first kappa shape index (κ1) is 18.1. The van der Waals surface area contributed by atoms with Gasteiger partial charge in [-0.15, -0.1) is 0 Å². The summed E-state index contributed by atoms with van der Waals surface area (Å²) in [5, 5.41) is 9.57. The van der Waals surface area contributed by atoms with E-state index < -0.39 is 0 Å². The van der Waals surface area contributed by atoms with Crippen LogP contribution in [0.5, 0.6) is 5.75 Å². The van der Waals surface area contributed by atoms with E-state index in [1.165, 1.54) is 6.20 Å². The topological polar surface area (TPSA) is 53.4 Å². The molecule has 3 rings (SSSR count). The maximum Gasteiger partial charge on any atom is 0.227 e. The van der Waals surface area contributed by atoms with Crippen LogP contribution in [0.25, 0.3) is 0 Å². The summed E-state index contributed by atoms with van der Waals surface area (Å²) in [6.45, 7) is 1.05. The molecule has 0 spiro atoms. The van der Waals surface area contributed by atoms with Crippen molar-refractivity contribution in [2.45, 2.75) is 19.5 Å². The minimum Gasteiger partial charge on any atom is -0.506 e. The molecule has 5 heteroatoms. The average molecular weight is 411 g/mol. The molecular formula is C21H19BrN2O2. The van der Waals surface area contributed by atoms with Gasteiger partial charge in [0, 0.05) is 23.8 Å². The zero-order chi connectivity index (χ0) is 18.4. The lowest BCUT2D eigenvalue weighted by atomic mass is 10.1. The second kappa shape index (κ2) is 8.63. The number of halogens is 1. The minimum atomic E-state index is -0.0100. The molecule has 0 fully saturated rings. The van der Waals surface area contributed by atoms with Crippen LogP contribution in [0.3, 0.4) is 0 Å². The Labute approximate surface area is 161 Å². The number of hydrogen-bond donors (Lipinski definition) is 1. The molecule has 26 heavy (non-hydrogen) atoms. The lowest BCUT2D eigenvalue weighted by Crippen LogP contribution is -2.31. The lowest BCUT2D eigenvalue weighted by Gasteiger charge is -2.23. The molecule has 4 nitrogen and oxygen atoms in total. The van der Waals surface area contributed by atoms with Crippen molar-refractivity contribution in [1.82, 2.24) is 9.88 Å². The zero-order valence-corrected chi connectivity index (χ0v) is 15.8. The number of aromatic hydroxyl groups is 1. The maximum absolute atomic E-state index is 12.9. The van der Waals surface area contributed by atoms with Crippen LogP contribution in [-0.2, 0) is 24.3 Å². The molecule has 0 aliphatic carbocycles. The third kappa shape index (κ3) is 5.17. The summed E-state index contributed by atoms with van der Waals surface area (Å²) in [5.41, 5.74) is 2.84. The van der Waals surface area contributed by atoms with E-state index in [4.69, 9.17) is 0 Å². The van der Waals surface area contributed by atoms with Gasteiger partial charge in [-0.3, -0.25) is 9.78 Å². The standard InChI is InChI=1S/C21H19BrN2O2/c22-19-8-6-17(7-9-19)15-24(14-16-4-2-1-3-5-16)21(26)11-18-10-20(25)13-23-12-18/h1-10,12-13,25H,11,14-15H2. The van der Waals surface area contributed by atoms with Gasteiger partial charge in [0.05, 0.1) is 12.6 Å². The van der Waals surface area contributed by atoms with E-state index >= 15 is 0 Å². The Morgan fingerprint density at radius 3 is 2.23 bits per heavy atom. The third-order valence-corrected chi connectivity index (χ3v) is 4.52. The van der Waals surface area contributed by atoms with E-state index in [0.717, 1.165) is 15.6 Å². The first-order chi connectivity index (χ1) is 12.6. The van der Waals surface area contributed by atoms with Crippen LogP contribution in [0.4, 0.5) is 0 Å². The number of hydrogen-bond acceptors (Lipinski definition) is 3. The van der Waals surface area contributed by atoms with Crippen LogP contribution in [0.2, 0.25) is 0 Å². The monoisotopic (exact) mass is 410 g/mol. The Balaban J connectivity index is 1.78. The summed E-state index contributed by atoms with van der Waals surface area (Å²) in [5.74, 6) is 0.0574. The molecule has 0 aliphatic rings. The predicted molar refractivity (Wildman–Crippen MR) is 104 cm³/mol. The molecule has 0 saturated carbocycles. The van der Waals surface area contributed by atoms with Crippen LogP contribution >= 0.6 is 15.9 Å². The highest BCUT2D eigenvalue weighted by molar-refractivity contribution is 9.10. The fraction of sp³-hybridized carbons (Fsp3) is 0.143. The van der Waals surface area contributed by atoms with Crippen LogP contribution in [-0.4, -0.2) is 20.9 Å². The number of carbonyl (C=O) groups is 1. The van der Waals surface area contributed by atoms with Crippen LogP contribution in [0.15, 0.2) is 77.5 Å². The molecule has 0 saturated heterocycles. The van der Waals surface area contributed by atoms with Gasteiger partial charge >= 0.3 is 0 Å². The summed E-state index contributed by atoms with van der Waals surface area (Å²) in [6.07, 6.45) is 3.17. The average Bonchev–Trinajstić information content (AvgIpc) is 2.64. The zero-order valence-electron chi connectivity index (χ0n) is 14.2. The van der Waals surface area contributed by atoms with Crippen molar-refractivity contribution in [1.29, 1.82) is 0 Å². The van der Waals surface area contributed by atoms with Crippen LogP contribution in [0.1, 0.15) is 16.7 Å². The molecule has 0 bridgehead atoms. The van der Waals surface area contributed by atoms with Gasteiger partial charge in [0.15, 0.2) is 0 Å². The van der Waals surface area contributed by atoms with Crippen molar-refractivity contribution in [2.75, 3.05) is 0 Å².